The first-order chi connectivity index (χ1) is 13.0. The van der Waals surface area contributed by atoms with Crippen LogP contribution in [0, 0.1) is 0 Å². The number of nitrogens with one attached hydrogen (secondary N) is 2. The molecule has 0 atom stereocenters. The number of hydrogen-bond donors (Lipinski definition) is 2. The number of amides is 2. The standard InChI is InChI=1S/C20H23ClN2O4S/c1-20(2,3)15-6-4-14(5-7-15)19(25)23-22-18(24)12-13-28(26,27)17-10-8-16(21)9-11-17/h4-11H,12-13H2,1-3H3,(H,22,24)(H,23,25). The fraction of sp³-hybridized carbons (Fsp3) is 0.300. The highest BCUT2D eigenvalue weighted by Gasteiger charge is 2.17. The van der Waals surface area contributed by atoms with Gasteiger partial charge in [0.2, 0.25) is 5.91 Å². The van der Waals surface area contributed by atoms with Crippen LogP contribution in [0.5, 0.6) is 0 Å². The van der Waals surface area contributed by atoms with E-state index in [0.717, 1.165) is 5.56 Å². The number of carbonyl (C=O) groups excluding carboxylic acids is 2. The van der Waals surface area contributed by atoms with Crippen molar-refractivity contribution in [1.82, 2.24) is 10.9 Å². The summed E-state index contributed by atoms with van der Waals surface area (Å²) in [5.41, 5.74) is 5.97. The lowest BCUT2D eigenvalue weighted by molar-refractivity contribution is -0.121. The molecule has 0 spiro atoms. The van der Waals surface area contributed by atoms with Crippen molar-refractivity contribution in [3.05, 3.63) is 64.7 Å². The zero-order chi connectivity index (χ0) is 20.9. The first kappa shape index (κ1) is 21.9. The fourth-order valence-corrected chi connectivity index (χ4v) is 3.74. The fourth-order valence-electron chi connectivity index (χ4n) is 2.37. The molecule has 2 rings (SSSR count). The van der Waals surface area contributed by atoms with Crippen LogP contribution in [0.4, 0.5) is 0 Å². The van der Waals surface area contributed by atoms with Crippen LogP contribution in [0.15, 0.2) is 53.4 Å². The molecular formula is C20H23ClN2O4S. The van der Waals surface area contributed by atoms with Gasteiger partial charge in [0.15, 0.2) is 9.84 Å². The average molecular weight is 423 g/mol. The molecule has 0 radical (unpaired) electrons. The molecule has 0 heterocycles. The normalized spacial score (nSPS) is 11.7. The Labute approximate surface area is 170 Å². The molecule has 0 fully saturated rings. The van der Waals surface area contributed by atoms with Gasteiger partial charge in [0.1, 0.15) is 0 Å². The van der Waals surface area contributed by atoms with Crippen molar-refractivity contribution < 1.29 is 18.0 Å². The summed E-state index contributed by atoms with van der Waals surface area (Å²) in [4.78, 5) is 24.1. The van der Waals surface area contributed by atoms with Crippen LogP contribution in [0.25, 0.3) is 0 Å². The van der Waals surface area contributed by atoms with Gasteiger partial charge in [-0.2, -0.15) is 0 Å². The monoisotopic (exact) mass is 422 g/mol. The van der Waals surface area contributed by atoms with Crippen molar-refractivity contribution in [3.63, 3.8) is 0 Å². The predicted octanol–water partition coefficient (Wildman–Crippen LogP) is 3.26. The number of hydrazine groups is 1. The highest BCUT2D eigenvalue weighted by Crippen LogP contribution is 2.22. The number of carbonyl (C=O) groups is 2. The molecule has 0 aliphatic carbocycles. The van der Waals surface area contributed by atoms with Gasteiger partial charge in [-0.25, -0.2) is 8.42 Å². The summed E-state index contributed by atoms with van der Waals surface area (Å²) >= 11 is 5.74. The number of rotatable bonds is 5. The maximum absolute atomic E-state index is 12.2. The summed E-state index contributed by atoms with van der Waals surface area (Å²) in [6.07, 6.45) is -0.284. The summed E-state index contributed by atoms with van der Waals surface area (Å²) in [5.74, 6) is -1.46. The van der Waals surface area contributed by atoms with E-state index in [0.29, 0.717) is 10.6 Å². The Hall–Kier alpha value is -2.38. The highest BCUT2D eigenvalue weighted by atomic mass is 35.5. The molecule has 2 aromatic rings. The van der Waals surface area contributed by atoms with Crippen molar-refractivity contribution in [2.75, 3.05) is 5.75 Å². The van der Waals surface area contributed by atoms with Crippen LogP contribution in [-0.2, 0) is 20.0 Å². The van der Waals surface area contributed by atoms with Gasteiger partial charge < -0.3 is 0 Å². The van der Waals surface area contributed by atoms with E-state index in [1.807, 2.05) is 12.1 Å². The third kappa shape index (κ3) is 6.07. The lowest BCUT2D eigenvalue weighted by atomic mass is 9.87. The Bertz CT molecular complexity index is 947. The Morgan fingerprint density at radius 3 is 2.04 bits per heavy atom. The van der Waals surface area contributed by atoms with Gasteiger partial charge in [-0.15, -0.1) is 0 Å². The molecule has 2 N–H and O–H groups in total. The van der Waals surface area contributed by atoms with Crippen LogP contribution in [0.1, 0.15) is 43.1 Å². The van der Waals surface area contributed by atoms with Crippen molar-refractivity contribution in [2.24, 2.45) is 0 Å². The van der Waals surface area contributed by atoms with Gasteiger partial charge in [0, 0.05) is 17.0 Å². The molecule has 0 aromatic heterocycles. The maximum Gasteiger partial charge on any atom is 0.269 e. The van der Waals surface area contributed by atoms with E-state index in [9.17, 15) is 18.0 Å². The third-order valence-corrected chi connectivity index (χ3v) is 6.08. The van der Waals surface area contributed by atoms with E-state index in [1.165, 1.54) is 24.3 Å². The molecule has 0 aliphatic rings. The summed E-state index contributed by atoms with van der Waals surface area (Å²) in [5, 5.41) is 0.426. The van der Waals surface area contributed by atoms with Crippen LogP contribution >= 0.6 is 11.6 Å². The van der Waals surface area contributed by atoms with Gasteiger partial charge in [-0.05, 0) is 47.4 Å². The first-order valence-electron chi connectivity index (χ1n) is 8.67. The second kappa shape index (κ2) is 8.75. The van der Waals surface area contributed by atoms with Crippen LogP contribution in [0.2, 0.25) is 5.02 Å². The Morgan fingerprint density at radius 1 is 0.929 bits per heavy atom. The first-order valence-corrected chi connectivity index (χ1v) is 10.7. The molecule has 150 valence electrons. The minimum absolute atomic E-state index is 0.0290. The molecule has 6 nitrogen and oxygen atoms in total. The summed E-state index contributed by atoms with van der Waals surface area (Å²) in [6, 6.07) is 12.8. The topological polar surface area (TPSA) is 92.3 Å². The van der Waals surface area contributed by atoms with Crippen molar-refractivity contribution in [2.45, 2.75) is 37.5 Å². The maximum atomic E-state index is 12.2. The summed E-state index contributed by atoms with van der Waals surface area (Å²) in [7, 11) is -3.61. The van der Waals surface area contributed by atoms with Gasteiger partial charge in [-0.3, -0.25) is 20.4 Å². The third-order valence-electron chi connectivity index (χ3n) is 4.10. The molecule has 8 heteroatoms. The predicted molar refractivity (Wildman–Crippen MR) is 109 cm³/mol. The molecule has 28 heavy (non-hydrogen) atoms. The molecule has 0 unspecified atom stereocenters. The van der Waals surface area contributed by atoms with E-state index < -0.39 is 21.7 Å². The van der Waals surface area contributed by atoms with E-state index in [-0.39, 0.29) is 22.5 Å². The van der Waals surface area contributed by atoms with E-state index in [2.05, 4.69) is 31.6 Å². The zero-order valence-electron chi connectivity index (χ0n) is 16.0. The number of halogens is 1. The van der Waals surface area contributed by atoms with Gasteiger partial charge >= 0.3 is 0 Å². The van der Waals surface area contributed by atoms with Crippen LogP contribution in [-0.4, -0.2) is 26.0 Å². The van der Waals surface area contributed by atoms with E-state index in [1.54, 1.807) is 12.1 Å². The Morgan fingerprint density at radius 2 is 1.50 bits per heavy atom. The van der Waals surface area contributed by atoms with Gasteiger partial charge in [-0.1, -0.05) is 44.5 Å². The van der Waals surface area contributed by atoms with E-state index >= 15 is 0 Å². The molecular weight excluding hydrogens is 400 g/mol. The Kier molecular flexibility index (Phi) is 6.85. The highest BCUT2D eigenvalue weighted by molar-refractivity contribution is 7.91. The minimum Gasteiger partial charge on any atom is -0.273 e. The van der Waals surface area contributed by atoms with Crippen molar-refractivity contribution >= 4 is 33.3 Å². The SMILES string of the molecule is CC(C)(C)c1ccc(C(=O)NNC(=O)CCS(=O)(=O)c2ccc(Cl)cc2)cc1. The summed E-state index contributed by atoms with van der Waals surface area (Å²) in [6.45, 7) is 6.21. The minimum atomic E-state index is -3.61. The molecule has 2 aromatic carbocycles. The quantitative estimate of drug-likeness (QED) is 0.723. The molecule has 0 bridgehead atoms. The van der Waals surface area contributed by atoms with Crippen LogP contribution in [0.3, 0.4) is 0 Å². The number of benzene rings is 2. The largest absolute Gasteiger partial charge is 0.273 e. The Balaban J connectivity index is 1.86. The van der Waals surface area contributed by atoms with Crippen LogP contribution < -0.4 is 10.9 Å². The lowest BCUT2D eigenvalue weighted by Gasteiger charge is -2.19. The second-order valence-corrected chi connectivity index (χ2v) is 9.90. The molecule has 0 saturated carbocycles. The van der Waals surface area contributed by atoms with Crippen molar-refractivity contribution in [1.29, 1.82) is 0 Å². The lowest BCUT2D eigenvalue weighted by Crippen LogP contribution is -2.42. The van der Waals surface area contributed by atoms with Crippen molar-refractivity contribution in [3.8, 4) is 0 Å². The molecule has 2 amide bonds. The average Bonchev–Trinajstić information content (AvgIpc) is 2.64. The van der Waals surface area contributed by atoms with E-state index in [4.69, 9.17) is 11.6 Å². The zero-order valence-corrected chi connectivity index (χ0v) is 17.5. The number of hydrogen-bond acceptors (Lipinski definition) is 4. The summed E-state index contributed by atoms with van der Waals surface area (Å²) < 4.78 is 24.4. The second-order valence-electron chi connectivity index (χ2n) is 7.35. The molecule has 0 aliphatic heterocycles. The number of sulfone groups is 1. The smallest absolute Gasteiger partial charge is 0.269 e. The van der Waals surface area contributed by atoms with Gasteiger partial charge in [0.25, 0.3) is 5.91 Å². The van der Waals surface area contributed by atoms with Gasteiger partial charge in [0.05, 0.1) is 10.6 Å². The molecule has 0 saturated heterocycles.